The largest absolute Gasteiger partial charge is 0.417 e. The molecule has 0 atom stereocenters. The molecular formula is C6H12N2O3S. The monoisotopic (exact) mass is 192 g/mol. The van der Waals surface area contributed by atoms with Gasteiger partial charge in [0.1, 0.15) is 0 Å². The smallest absolute Gasteiger partial charge is 0.366 e. The van der Waals surface area contributed by atoms with Crippen molar-refractivity contribution in [3.63, 3.8) is 0 Å². The lowest BCUT2D eigenvalue weighted by Crippen LogP contribution is -2.28. The normalized spacial score (nSPS) is 9.42. The third kappa shape index (κ3) is 4.86. The molecule has 6 heteroatoms. The van der Waals surface area contributed by atoms with Crippen molar-refractivity contribution in [3.8, 4) is 0 Å². The van der Waals surface area contributed by atoms with E-state index in [1.54, 1.807) is 28.2 Å². The highest BCUT2D eigenvalue weighted by molar-refractivity contribution is 7.79. The first kappa shape index (κ1) is 11.1. The average Bonchev–Trinajstić information content (AvgIpc) is 1.84. The van der Waals surface area contributed by atoms with E-state index in [1.165, 1.54) is 9.96 Å². The lowest BCUT2D eigenvalue weighted by atomic mass is 10.9. The molecule has 0 aliphatic heterocycles. The minimum Gasteiger partial charge on any atom is -0.366 e. The molecule has 0 aromatic carbocycles. The van der Waals surface area contributed by atoms with Crippen LogP contribution >= 0.6 is 12.2 Å². The summed E-state index contributed by atoms with van der Waals surface area (Å²) in [7, 11) is 6.38. The molecule has 0 bridgehead atoms. The van der Waals surface area contributed by atoms with E-state index < -0.39 is 6.09 Å². The molecule has 5 nitrogen and oxygen atoms in total. The number of nitrogens with zero attached hydrogens (tertiary/aromatic N) is 2. The van der Waals surface area contributed by atoms with Gasteiger partial charge in [0, 0.05) is 40.4 Å². The number of rotatable bonds is 1. The second-order valence-electron chi connectivity index (χ2n) is 2.42. The molecule has 0 radical (unpaired) electrons. The average molecular weight is 192 g/mol. The molecule has 0 spiro atoms. The second-order valence-corrected chi connectivity index (χ2v) is 2.75. The van der Waals surface area contributed by atoms with Crippen LogP contribution in [0.15, 0.2) is 0 Å². The van der Waals surface area contributed by atoms with Gasteiger partial charge >= 0.3 is 11.3 Å². The minimum atomic E-state index is -0.554. The Labute approximate surface area is 76.8 Å². The van der Waals surface area contributed by atoms with Crippen molar-refractivity contribution in [2.75, 3.05) is 28.2 Å². The molecule has 0 aromatic heterocycles. The Morgan fingerprint density at radius 2 is 1.75 bits per heavy atom. The number of hydrogen-bond acceptors (Lipinski definition) is 5. The van der Waals surface area contributed by atoms with E-state index in [9.17, 15) is 4.79 Å². The molecule has 0 aromatic rings. The van der Waals surface area contributed by atoms with E-state index in [4.69, 9.17) is 4.84 Å². The number of carbonyl (C=O) groups is 1. The van der Waals surface area contributed by atoms with Crippen LogP contribution < -0.4 is 0 Å². The second kappa shape index (κ2) is 4.89. The van der Waals surface area contributed by atoms with E-state index in [1.807, 2.05) is 0 Å². The maximum Gasteiger partial charge on any atom is 0.417 e. The Balaban J connectivity index is 3.77. The van der Waals surface area contributed by atoms with E-state index in [0.717, 1.165) is 0 Å². The first-order valence-electron chi connectivity index (χ1n) is 3.22. The lowest BCUT2D eigenvalue weighted by Gasteiger charge is -2.14. The molecule has 0 unspecified atom stereocenters. The predicted molar refractivity (Wildman–Crippen MR) is 47.5 cm³/mol. The number of thiocarbonyl (C=S) groups is 1. The van der Waals surface area contributed by atoms with Crippen LogP contribution in [0.5, 0.6) is 0 Å². The van der Waals surface area contributed by atoms with Crippen LogP contribution in [0.2, 0.25) is 0 Å². The van der Waals surface area contributed by atoms with Crippen molar-refractivity contribution >= 4 is 23.5 Å². The van der Waals surface area contributed by atoms with Gasteiger partial charge in [-0.05, 0) is 0 Å². The summed E-state index contributed by atoms with van der Waals surface area (Å²) >= 11 is 4.59. The molecule has 0 fully saturated rings. The van der Waals surface area contributed by atoms with Gasteiger partial charge < -0.3 is 14.5 Å². The SMILES string of the molecule is CN(C)OC(=S)OC(=O)N(C)C. The van der Waals surface area contributed by atoms with Gasteiger partial charge in [-0.25, -0.2) is 4.79 Å². The van der Waals surface area contributed by atoms with Crippen LogP contribution in [-0.4, -0.2) is 49.5 Å². The Kier molecular flexibility index (Phi) is 4.53. The minimum absolute atomic E-state index is 0.210. The van der Waals surface area contributed by atoms with Gasteiger partial charge in [0.15, 0.2) is 0 Å². The summed E-state index contributed by atoms with van der Waals surface area (Å²) in [6.45, 7) is 0. The van der Waals surface area contributed by atoms with Gasteiger partial charge in [-0.3, -0.25) is 0 Å². The summed E-state index contributed by atoms with van der Waals surface area (Å²) in [6.07, 6.45) is -0.554. The summed E-state index contributed by atoms with van der Waals surface area (Å²) in [6, 6.07) is 0. The molecule has 0 aliphatic rings. The van der Waals surface area contributed by atoms with Crippen LogP contribution in [0.25, 0.3) is 0 Å². The van der Waals surface area contributed by atoms with Crippen molar-refractivity contribution < 1.29 is 14.4 Å². The zero-order valence-electron chi connectivity index (χ0n) is 7.53. The van der Waals surface area contributed by atoms with Crippen molar-refractivity contribution in [1.82, 2.24) is 9.96 Å². The molecule has 0 saturated heterocycles. The molecule has 0 aliphatic carbocycles. The fraction of sp³-hybridized carbons (Fsp3) is 0.667. The first-order valence-corrected chi connectivity index (χ1v) is 3.62. The molecule has 0 heterocycles. The topological polar surface area (TPSA) is 42.0 Å². The van der Waals surface area contributed by atoms with E-state index >= 15 is 0 Å². The molecule has 0 N–H and O–H groups in total. The lowest BCUT2D eigenvalue weighted by molar-refractivity contribution is -0.0405. The maximum atomic E-state index is 10.9. The van der Waals surface area contributed by atoms with Crippen molar-refractivity contribution in [2.45, 2.75) is 0 Å². The van der Waals surface area contributed by atoms with Crippen LogP contribution in [-0.2, 0) is 9.57 Å². The number of carbonyl (C=O) groups excluding carboxylic acids is 1. The zero-order valence-corrected chi connectivity index (χ0v) is 8.34. The highest BCUT2D eigenvalue weighted by Gasteiger charge is 2.10. The Hall–Kier alpha value is -0.880. The van der Waals surface area contributed by atoms with Gasteiger partial charge in [0.25, 0.3) is 0 Å². The van der Waals surface area contributed by atoms with Gasteiger partial charge in [0.05, 0.1) is 0 Å². The van der Waals surface area contributed by atoms with Crippen LogP contribution in [0, 0.1) is 0 Å². The van der Waals surface area contributed by atoms with Crippen molar-refractivity contribution in [1.29, 1.82) is 0 Å². The molecule has 12 heavy (non-hydrogen) atoms. The fourth-order valence-electron chi connectivity index (χ4n) is 0.330. The molecular weight excluding hydrogens is 180 g/mol. The van der Waals surface area contributed by atoms with Gasteiger partial charge in [-0.1, -0.05) is 0 Å². The summed E-state index contributed by atoms with van der Waals surface area (Å²) in [5.74, 6) is 0. The molecule has 0 rings (SSSR count). The number of hydrogen-bond donors (Lipinski definition) is 0. The first-order chi connectivity index (χ1) is 5.43. The summed E-state index contributed by atoms with van der Waals surface area (Å²) < 4.78 is 4.58. The zero-order chi connectivity index (χ0) is 9.72. The van der Waals surface area contributed by atoms with E-state index in [2.05, 4.69) is 17.0 Å². The van der Waals surface area contributed by atoms with Crippen molar-refractivity contribution in [3.05, 3.63) is 0 Å². The molecule has 1 amide bonds. The van der Waals surface area contributed by atoms with E-state index in [-0.39, 0.29) is 5.24 Å². The highest BCUT2D eigenvalue weighted by Crippen LogP contribution is 1.92. The predicted octanol–water partition coefficient (Wildman–Crippen LogP) is 0.463. The van der Waals surface area contributed by atoms with Crippen molar-refractivity contribution in [2.24, 2.45) is 0 Å². The standard InChI is InChI=1S/C6H12N2O3S/c1-7(2)5(9)10-6(12)11-8(3)4/h1-4H3. The fourth-order valence-corrected chi connectivity index (χ4v) is 0.551. The summed E-state index contributed by atoms with van der Waals surface area (Å²) in [4.78, 5) is 16.9. The third-order valence-electron chi connectivity index (χ3n) is 0.793. The van der Waals surface area contributed by atoms with Crippen LogP contribution in [0.3, 0.4) is 0 Å². The number of hydroxylamine groups is 2. The van der Waals surface area contributed by atoms with Gasteiger partial charge in [0.2, 0.25) is 0 Å². The van der Waals surface area contributed by atoms with Gasteiger partial charge in [-0.2, -0.15) is 0 Å². The van der Waals surface area contributed by atoms with Crippen LogP contribution in [0.1, 0.15) is 0 Å². The molecule has 70 valence electrons. The third-order valence-corrected chi connectivity index (χ3v) is 0.951. The van der Waals surface area contributed by atoms with E-state index in [0.29, 0.717) is 0 Å². The summed E-state index contributed by atoms with van der Waals surface area (Å²) in [5, 5.41) is 1.13. The highest BCUT2D eigenvalue weighted by atomic mass is 32.1. The quantitative estimate of drug-likeness (QED) is 0.446. The number of amides is 1. The maximum absolute atomic E-state index is 10.9. The summed E-state index contributed by atoms with van der Waals surface area (Å²) in [5.41, 5.74) is 0. The Morgan fingerprint density at radius 3 is 2.08 bits per heavy atom. The Bertz CT molecular complexity index is 182. The van der Waals surface area contributed by atoms with Crippen LogP contribution in [0.4, 0.5) is 4.79 Å². The molecule has 0 saturated carbocycles. The van der Waals surface area contributed by atoms with Gasteiger partial charge in [-0.15, -0.1) is 5.06 Å². The Morgan fingerprint density at radius 1 is 1.25 bits per heavy atom. The number of ether oxygens (including phenoxy) is 1.